The summed E-state index contributed by atoms with van der Waals surface area (Å²) in [4.78, 5) is 39.2. The Morgan fingerprint density at radius 1 is 1.00 bits per heavy atom. The van der Waals surface area contributed by atoms with Gasteiger partial charge >= 0.3 is 0 Å². The maximum atomic E-state index is 12.8. The van der Waals surface area contributed by atoms with Crippen LogP contribution in [0.25, 0.3) is 10.8 Å². The zero-order chi connectivity index (χ0) is 20.0. The minimum Gasteiger partial charge on any atom is -0.349 e. The molecule has 144 valence electrons. The van der Waals surface area contributed by atoms with Crippen LogP contribution >= 0.6 is 0 Å². The van der Waals surface area contributed by atoms with Crippen molar-refractivity contribution in [2.24, 2.45) is 0 Å². The Labute approximate surface area is 167 Å². The second-order valence-electron chi connectivity index (χ2n) is 7.45. The average Bonchev–Trinajstić information content (AvgIpc) is 3.50. The normalized spacial score (nSPS) is 14.9. The van der Waals surface area contributed by atoms with Crippen LogP contribution in [0.3, 0.4) is 0 Å². The van der Waals surface area contributed by atoms with Crippen molar-refractivity contribution in [3.05, 3.63) is 71.8 Å². The third-order valence-electron chi connectivity index (χ3n) is 5.27. The van der Waals surface area contributed by atoms with Crippen molar-refractivity contribution in [3.8, 4) is 0 Å². The van der Waals surface area contributed by atoms with Crippen molar-refractivity contribution >= 4 is 39.9 Å². The Morgan fingerprint density at radius 2 is 1.76 bits per heavy atom. The van der Waals surface area contributed by atoms with Gasteiger partial charge in [0.2, 0.25) is 5.91 Å². The molecule has 29 heavy (non-hydrogen) atoms. The fraction of sp³-hybridized carbons (Fsp3) is 0.174. The largest absolute Gasteiger partial charge is 0.349 e. The molecule has 3 amide bonds. The zero-order valence-electron chi connectivity index (χ0n) is 15.6. The lowest BCUT2D eigenvalue weighted by Crippen LogP contribution is -2.35. The van der Waals surface area contributed by atoms with Crippen LogP contribution in [0, 0.1) is 0 Å². The molecule has 0 aromatic heterocycles. The summed E-state index contributed by atoms with van der Waals surface area (Å²) in [5.74, 6) is -0.632. The van der Waals surface area contributed by atoms with Crippen molar-refractivity contribution in [2.75, 3.05) is 16.8 Å². The molecule has 3 aromatic rings. The topological polar surface area (TPSA) is 78.5 Å². The van der Waals surface area contributed by atoms with E-state index >= 15 is 0 Å². The molecular weight excluding hydrogens is 366 g/mol. The number of benzene rings is 3. The van der Waals surface area contributed by atoms with Gasteiger partial charge in [-0.1, -0.05) is 30.3 Å². The Kier molecular flexibility index (Phi) is 4.05. The molecule has 3 aromatic carbocycles. The van der Waals surface area contributed by atoms with Gasteiger partial charge in [-0.25, -0.2) is 0 Å². The maximum Gasteiger partial charge on any atom is 0.259 e. The number of nitrogens with zero attached hydrogens (tertiary/aromatic N) is 1. The number of anilines is 2. The molecule has 2 N–H and O–H groups in total. The average molecular weight is 385 g/mol. The lowest BCUT2D eigenvalue weighted by atomic mass is 10.1. The van der Waals surface area contributed by atoms with Crippen molar-refractivity contribution < 1.29 is 14.4 Å². The Morgan fingerprint density at radius 3 is 2.55 bits per heavy atom. The number of rotatable bonds is 5. The molecule has 1 saturated carbocycles. The molecule has 0 atom stereocenters. The first-order valence-corrected chi connectivity index (χ1v) is 9.64. The number of nitrogens with one attached hydrogen (secondary N) is 2. The van der Waals surface area contributed by atoms with Gasteiger partial charge in [0.15, 0.2) is 0 Å². The highest BCUT2D eigenvalue weighted by Gasteiger charge is 2.31. The fourth-order valence-corrected chi connectivity index (χ4v) is 3.71. The first-order valence-electron chi connectivity index (χ1n) is 9.64. The SMILES string of the molecule is O=C(CN1C(=O)c2cccc3cccc1c23)Nc1cccc(C(=O)NC2CC2)c1. The number of carbonyl (C=O) groups excluding carboxylic acids is 3. The third-order valence-corrected chi connectivity index (χ3v) is 5.27. The summed E-state index contributed by atoms with van der Waals surface area (Å²) in [6.45, 7) is -0.0921. The summed E-state index contributed by atoms with van der Waals surface area (Å²) >= 11 is 0. The van der Waals surface area contributed by atoms with E-state index in [2.05, 4.69) is 10.6 Å². The van der Waals surface area contributed by atoms with Gasteiger partial charge in [0.05, 0.1) is 5.69 Å². The van der Waals surface area contributed by atoms with Crippen molar-refractivity contribution in [1.29, 1.82) is 0 Å². The van der Waals surface area contributed by atoms with E-state index in [1.807, 2.05) is 30.3 Å². The first-order chi connectivity index (χ1) is 14.1. The minimum absolute atomic E-state index is 0.0921. The Bertz CT molecular complexity index is 1160. The molecule has 1 fully saturated rings. The van der Waals surface area contributed by atoms with Gasteiger partial charge in [-0.05, 0) is 48.6 Å². The van der Waals surface area contributed by atoms with Crippen LogP contribution in [-0.2, 0) is 4.79 Å². The Hall–Kier alpha value is -3.67. The fourth-order valence-electron chi connectivity index (χ4n) is 3.71. The number of hydrogen-bond donors (Lipinski definition) is 2. The molecule has 6 heteroatoms. The summed E-state index contributed by atoms with van der Waals surface area (Å²) in [5.41, 5.74) is 2.39. The molecule has 2 aliphatic rings. The molecule has 1 aliphatic heterocycles. The lowest BCUT2D eigenvalue weighted by Gasteiger charge is -2.17. The van der Waals surface area contributed by atoms with Crippen LogP contribution in [0.1, 0.15) is 33.6 Å². The van der Waals surface area contributed by atoms with Crippen molar-refractivity contribution in [3.63, 3.8) is 0 Å². The van der Waals surface area contributed by atoms with E-state index in [9.17, 15) is 14.4 Å². The Balaban J connectivity index is 1.32. The van der Waals surface area contributed by atoms with E-state index in [1.54, 1.807) is 30.3 Å². The molecule has 0 saturated heterocycles. The smallest absolute Gasteiger partial charge is 0.259 e. The van der Waals surface area contributed by atoms with Crippen LogP contribution in [-0.4, -0.2) is 30.3 Å². The number of carbonyl (C=O) groups is 3. The van der Waals surface area contributed by atoms with Gasteiger partial charge in [-0.2, -0.15) is 0 Å². The molecule has 1 heterocycles. The monoisotopic (exact) mass is 385 g/mol. The molecule has 6 nitrogen and oxygen atoms in total. The zero-order valence-corrected chi connectivity index (χ0v) is 15.6. The molecule has 0 spiro atoms. The van der Waals surface area contributed by atoms with Crippen LogP contribution < -0.4 is 15.5 Å². The quantitative estimate of drug-likeness (QED) is 0.707. The third kappa shape index (κ3) is 3.23. The van der Waals surface area contributed by atoms with Crippen LogP contribution in [0.2, 0.25) is 0 Å². The van der Waals surface area contributed by atoms with Crippen molar-refractivity contribution in [2.45, 2.75) is 18.9 Å². The van der Waals surface area contributed by atoms with Crippen LogP contribution in [0.5, 0.6) is 0 Å². The van der Waals surface area contributed by atoms with Gasteiger partial charge < -0.3 is 10.6 Å². The summed E-state index contributed by atoms with van der Waals surface area (Å²) < 4.78 is 0. The number of hydrogen-bond acceptors (Lipinski definition) is 3. The molecule has 0 radical (unpaired) electrons. The number of amides is 3. The van der Waals surface area contributed by atoms with Gasteiger partial charge in [0.25, 0.3) is 11.8 Å². The molecule has 0 bridgehead atoms. The van der Waals surface area contributed by atoms with E-state index < -0.39 is 0 Å². The van der Waals surface area contributed by atoms with Gasteiger partial charge in [-0.15, -0.1) is 0 Å². The second kappa shape index (κ2) is 6.74. The summed E-state index contributed by atoms with van der Waals surface area (Å²) in [5, 5.41) is 7.59. The summed E-state index contributed by atoms with van der Waals surface area (Å²) in [6.07, 6.45) is 2.03. The summed E-state index contributed by atoms with van der Waals surface area (Å²) in [6, 6.07) is 18.4. The van der Waals surface area contributed by atoms with E-state index in [0.29, 0.717) is 16.8 Å². The standard InChI is InChI=1S/C23H19N3O3/c27-20(24-17-7-1-6-15(12-17)22(28)25-16-10-11-16)13-26-19-9-3-5-14-4-2-8-18(21(14)19)23(26)29/h1-9,12,16H,10-11,13H2,(H,24,27)(H,25,28). The van der Waals surface area contributed by atoms with E-state index in [4.69, 9.17) is 0 Å². The highest BCUT2D eigenvalue weighted by Crippen LogP contribution is 2.36. The second-order valence-corrected chi connectivity index (χ2v) is 7.45. The van der Waals surface area contributed by atoms with Crippen LogP contribution in [0.4, 0.5) is 11.4 Å². The minimum atomic E-state index is -0.317. The van der Waals surface area contributed by atoms with E-state index in [-0.39, 0.29) is 30.3 Å². The lowest BCUT2D eigenvalue weighted by molar-refractivity contribution is -0.114. The van der Waals surface area contributed by atoms with Gasteiger partial charge in [0.1, 0.15) is 6.54 Å². The first kappa shape index (κ1) is 17.4. The van der Waals surface area contributed by atoms with Crippen molar-refractivity contribution in [1.82, 2.24) is 5.32 Å². The maximum absolute atomic E-state index is 12.8. The predicted molar refractivity (Wildman–Crippen MR) is 111 cm³/mol. The van der Waals surface area contributed by atoms with Crippen LogP contribution in [0.15, 0.2) is 60.7 Å². The van der Waals surface area contributed by atoms with Gasteiger partial charge in [0, 0.05) is 28.2 Å². The van der Waals surface area contributed by atoms with E-state index in [1.165, 1.54) is 4.90 Å². The highest BCUT2D eigenvalue weighted by molar-refractivity contribution is 6.26. The van der Waals surface area contributed by atoms with Gasteiger partial charge in [-0.3, -0.25) is 19.3 Å². The van der Waals surface area contributed by atoms with E-state index in [0.717, 1.165) is 29.3 Å². The molecule has 5 rings (SSSR count). The summed E-state index contributed by atoms with van der Waals surface area (Å²) in [7, 11) is 0. The predicted octanol–water partition coefficient (Wildman–Crippen LogP) is 3.33. The highest BCUT2D eigenvalue weighted by atomic mass is 16.2. The molecule has 0 unspecified atom stereocenters. The molecular formula is C23H19N3O3. The molecule has 1 aliphatic carbocycles.